The number of halogens is 1. The molecule has 1 fully saturated rings. The van der Waals surface area contributed by atoms with Crippen LogP contribution in [0.5, 0.6) is 0 Å². The van der Waals surface area contributed by atoms with E-state index in [-0.39, 0.29) is 23.8 Å². The summed E-state index contributed by atoms with van der Waals surface area (Å²) in [5.74, 6) is -2.31. The van der Waals surface area contributed by atoms with Crippen molar-refractivity contribution in [1.29, 1.82) is 5.26 Å². The number of aromatic nitrogens is 2. The fourth-order valence-electron chi connectivity index (χ4n) is 3.34. The molecule has 0 saturated heterocycles. The van der Waals surface area contributed by atoms with Gasteiger partial charge in [0.05, 0.1) is 23.9 Å². The maximum absolute atomic E-state index is 11.8. The molecule has 140 valence electrons. The van der Waals surface area contributed by atoms with Crippen LogP contribution in [0.1, 0.15) is 35.7 Å². The minimum Gasteiger partial charge on any atom is -0.481 e. The molecule has 1 amide bonds. The Kier molecular flexibility index (Phi) is 5.33. The van der Waals surface area contributed by atoms with Gasteiger partial charge >= 0.3 is 5.97 Å². The minimum absolute atomic E-state index is 0.196. The zero-order valence-corrected chi connectivity index (χ0v) is 15.1. The molecule has 0 radical (unpaired) electrons. The molecular weight excluding hydrogens is 370 g/mol. The highest BCUT2D eigenvalue weighted by Crippen LogP contribution is 2.37. The first kappa shape index (κ1) is 18.7. The number of nitrogens with one attached hydrogen (secondary N) is 1. The molecule has 1 aromatic heterocycles. The molecule has 3 atom stereocenters. The normalized spacial score (nSPS) is 22.0. The van der Waals surface area contributed by atoms with Crippen molar-refractivity contribution in [2.45, 2.75) is 25.3 Å². The summed E-state index contributed by atoms with van der Waals surface area (Å²) in [6, 6.07) is 8.73. The average Bonchev–Trinajstić information content (AvgIpc) is 3.07. The molecule has 2 aromatic rings. The number of carboxylic acids is 1. The van der Waals surface area contributed by atoms with Gasteiger partial charge in [-0.05, 0) is 43.5 Å². The number of benzene rings is 1. The molecular formula is C18H18ClN5O3. The van der Waals surface area contributed by atoms with Crippen molar-refractivity contribution in [2.24, 2.45) is 17.6 Å². The van der Waals surface area contributed by atoms with Crippen LogP contribution < -0.4 is 11.1 Å². The van der Waals surface area contributed by atoms with Crippen LogP contribution in [-0.4, -0.2) is 26.8 Å². The quantitative estimate of drug-likeness (QED) is 0.721. The molecule has 0 unspecified atom stereocenters. The maximum atomic E-state index is 11.8. The second kappa shape index (κ2) is 7.68. The number of carbonyl (C=O) groups excluding carboxylic acids is 1. The predicted octanol–water partition coefficient (Wildman–Crippen LogP) is 2.94. The Hall–Kier alpha value is -3.05. The molecule has 27 heavy (non-hydrogen) atoms. The summed E-state index contributed by atoms with van der Waals surface area (Å²) in [6.45, 7) is 0. The Morgan fingerprint density at radius 1 is 1.33 bits per heavy atom. The van der Waals surface area contributed by atoms with Crippen LogP contribution in [0.2, 0.25) is 5.02 Å². The SMILES string of the molecule is N#C[C@@H]1C[C@H](C(=O)O)CC[C@H]1n1cc(C(N)=O)c(Nc2ccc(Cl)cc2)n1. The van der Waals surface area contributed by atoms with E-state index in [2.05, 4.69) is 16.5 Å². The van der Waals surface area contributed by atoms with E-state index >= 15 is 0 Å². The predicted molar refractivity (Wildman–Crippen MR) is 98.6 cm³/mol. The highest BCUT2D eigenvalue weighted by Gasteiger charge is 2.36. The second-order valence-corrected chi connectivity index (χ2v) is 6.96. The van der Waals surface area contributed by atoms with Crippen molar-refractivity contribution in [3.63, 3.8) is 0 Å². The number of nitrogens with zero attached hydrogens (tertiary/aromatic N) is 3. The number of carbonyl (C=O) groups is 2. The molecule has 1 aliphatic rings. The summed E-state index contributed by atoms with van der Waals surface area (Å²) < 4.78 is 1.55. The maximum Gasteiger partial charge on any atom is 0.306 e. The van der Waals surface area contributed by atoms with Crippen molar-refractivity contribution >= 4 is 35.0 Å². The lowest BCUT2D eigenvalue weighted by Gasteiger charge is -2.30. The first-order valence-electron chi connectivity index (χ1n) is 8.43. The summed E-state index contributed by atoms with van der Waals surface area (Å²) in [4.78, 5) is 23.0. The van der Waals surface area contributed by atoms with Gasteiger partial charge in [-0.15, -0.1) is 0 Å². The van der Waals surface area contributed by atoms with Crippen molar-refractivity contribution in [3.05, 3.63) is 41.0 Å². The van der Waals surface area contributed by atoms with Crippen LogP contribution in [0.15, 0.2) is 30.5 Å². The average molecular weight is 388 g/mol. The van der Waals surface area contributed by atoms with E-state index in [1.54, 1.807) is 28.9 Å². The van der Waals surface area contributed by atoms with Crippen molar-refractivity contribution < 1.29 is 14.7 Å². The first-order chi connectivity index (χ1) is 12.9. The lowest BCUT2D eigenvalue weighted by molar-refractivity contribution is -0.143. The highest BCUT2D eigenvalue weighted by molar-refractivity contribution is 6.30. The van der Waals surface area contributed by atoms with Crippen LogP contribution in [0.3, 0.4) is 0 Å². The fourth-order valence-corrected chi connectivity index (χ4v) is 3.46. The Morgan fingerprint density at radius 2 is 2.04 bits per heavy atom. The molecule has 1 aliphatic carbocycles. The Labute approximate surface area is 160 Å². The molecule has 0 aliphatic heterocycles. The van der Waals surface area contributed by atoms with E-state index < -0.39 is 23.7 Å². The van der Waals surface area contributed by atoms with E-state index in [9.17, 15) is 20.0 Å². The van der Waals surface area contributed by atoms with Gasteiger partial charge in [-0.2, -0.15) is 10.4 Å². The smallest absolute Gasteiger partial charge is 0.306 e. The van der Waals surface area contributed by atoms with Gasteiger partial charge in [-0.25, -0.2) is 0 Å². The number of nitriles is 1. The third kappa shape index (κ3) is 4.04. The minimum atomic E-state index is -0.892. The van der Waals surface area contributed by atoms with Crippen molar-refractivity contribution in [3.8, 4) is 6.07 Å². The van der Waals surface area contributed by atoms with Gasteiger partial charge in [0.25, 0.3) is 5.91 Å². The molecule has 9 heteroatoms. The molecule has 1 heterocycles. The highest BCUT2D eigenvalue weighted by atomic mass is 35.5. The van der Waals surface area contributed by atoms with E-state index in [1.165, 1.54) is 6.20 Å². The largest absolute Gasteiger partial charge is 0.481 e. The van der Waals surface area contributed by atoms with E-state index in [1.807, 2.05) is 0 Å². The number of anilines is 2. The zero-order valence-electron chi connectivity index (χ0n) is 14.3. The third-order valence-corrected chi connectivity index (χ3v) is 5.03. The lowest BCUT2D eigenvalue weighted by atomic mass is 9.79. The van der Waals surface area contributed by atoms with Crippen LogP contribution >= 0.6 is 11.6 Å². The first-order valence-corrected chi connectivity index (χ1v) is 8.80. The number of hydrogen-bond donors (Lipinski definition) is 3. The van der Waals surface area contributed by atoms with Crippen LogP contribution in [-0.2, 0) is 4.79 Å². The number of primary amides is 1. The number of nitrogens with two attached hydrogens (primary N) is 1. The van der Waals surface area contributed by atoms with Crippen LogP contribution in [0.4, 0.5) is 11.5 Å². The van der Waals surface area contributed by atoms with Crippen molar-refractivity contribution in [1.82, 2.24) is 9.78 Å². The molecule has 0 bridgehead atoms. The number of amides is 1. The van der Waals surface area contributed by atoms with Crippen molar-refractivity contribution in [2.75, 3.05) is 5.32 Å². The molecule has 3 rings (SSSR count). The van der Waals surface area contributed by atoms with Gasteiger partial charge in [-0.1, -0.05) is 11.6 Å². The number of carboxylic acid groups (broad SMARTS) is 1. The van der Waals surface area contributed by atoms with Gasteiger partial charge in [-0.3, -0.25) is 14.3 Å². The summed E-state index contributed by atoms with van der Waals surface area (Å²) in [5.41, 5.74) is 6.34. The topological polar surface area (TPSA) is 134 Å². The van der Waals surface area contributed by atoms with Gasteiger partial charge in [0.2, 0.25) is 0 Å². The van der Waals surface area contributed by atoms with E-state index in [4.69, 9.17) is 17.3 Å². The summed E-state index contributed by atoms with van der Waals surface area (Å²) in [7, 11) is 0. The van der Waals surface area contributed by atoms with Crippen LogP contribution in [0.25, 0.3) is 0 Å². The second-order valence-electron chi connectivity index (χ2n) is 6.52. The fraction of sp³-hybridized carbons (Fsp3) is 0.333. The van der Waals surface area contributed by atoms with Gasteiger partial charge < -0.3 is 16.2 Å². The molecule has 1 saturated carbocycles. The third-order valence-electron chi connectivity index (χ3n) is 4.77. The summed E-state index contributed by atoms with van der Waals surface area (Å²) in [6.07, 6.45) is 2.69. The Balaban J connectivity index is 1.88. The standard InChI is InChI=1S/C18H18ClN5O3/c19-12-2-4-13(5-3-12)22-17-14(16(21)25)9-24(23-17)15-6-1-10(18(26)27)7-11(15)8-20/h2-5,9-11,15H,1,6-7H2,(H2,21,25)(H,22,23)(H,26,27)/t10-,11+,15-/m1/s1. The number of aliphatic carboxylic acids is 1. The van der Waals surface area contributed by atoms with Gasteiger partial charge in [0.15, 0.2) is 5.82 Å². The molecule has 8 nitrogen and oxygen atoms in total. The van der Waals surface area contributed by atoms with Crippen LogP contribution in [0, 0.1) is 23.2 Å². The molecule has 4 N–H and O–H groups in total. The van der Waals surface area contributed by atoms with E-state index in [0.717, 1.165) is 0 Å². The van der Waals surface area contributed by atoms with Gasteiger partial charge in [0.1, 0.15) is 5.56 Å². The van der Waals surface area contributed by atoms with Gasteiger partial charge in [0, 0.05) is 16.9 Å². The Morgan fingerprint density at radius 3 is 2.63 bits per heavy atom. The number of rotatable bonds is 5. The summed E-state index contributed by atoms with van der Waals surface area (Å²) in [5, 5.41) is 26.7. The summed E-state index contributed by atoms with van der Waals surface area (Å²) >= 11 is 5.87. The zero-order chi connectivity index (χ0) is 19.6. The Bertz CT molecular complexity index is 903. The monoisotopic (exact) mass is 387 g/mol. The van der Waals surface area contributed by atoms with E-state index in [0.29, 0.717) is 23.6 Å². The molecule has 1 aromatic carbocycles. The lowest BCUT2D eigenvalue weighted by Crippen LogP contribution is -2.30. The molecule has 0 spiro atoms. The number of hydrogen-bond acceptors (Lipinski definition) is 5.